The molecular weight excluding hydrogens is 312 g/mol. The van der Waals surface area contributed by atoms with Crippen LogP contribution in [0.3, 0.4) is 0 Å². The monoisotopic (exact) mass is 352 g/mol. The predicted molar refractivity (Wildman–Crippen MR) is 106 cm³/mol. The predicted octanol–water partition coefficient (Wildman–Crippen LogP) is 3.15. The molecule has 2 aliphatic rings. The first-order valence-corrected chi connectivity index (χ1v) is 10.6. The lowest BCUT2D eigenvalue weighted by Gasteiger charge is -2.35. The molecule has 0 radical (unpaired) electrons. The van der Waals surface area contributed by atoms with Crippen molar-refractivity contribution in [2.75, 3.05) is 32.8 Å². The van der Waals surface area contributed by atoms with Crippen molar-refractivity contribution < 1.29 is 4.74 Å². The van der Waals surface area contributed by atoms with Gasteiger partial charge in [0, 0.05) is 44.9 Å². The minimum absolute atomic E-state index is 0.509. The molecular formula is C20H40N4O. The van der Waals surface area contributed by atoms with Crippen molar-refractivity contribution in [3.05, 3.63) is 0 Å². The summed E-state index contributed by atoms with van der Waals surface area (Å²) in [7, 11) is 0. The Morgan fingerprint density at radius 1 is 1.12 bits per heavy atom. The summed E-state index contributed by atoms with van der Waals surface area (Å²) < 4.78 is 5.99. The topological polar surface area (TPSA) is 48.9 Å². The highest BCUT2D eigenvalue weighted by atomic mass is 16.5. The first-order valence-electron chi connectivity index (χ1n) is 10.6. The van der Waals surface area contributed by atoms with Crippen LogP contribution in [-0.4, -0.2) is 61.8 Å². The average molecular weight is 353 g/mol. The van der Waals surface area contributed by atoms with Crippen molar-refractivity contribution in [3.63, 3.8) is 0 Å². The molecule has 0 unspecified atom stereocenters. The van der Waals surface area contributed by atoms with Gasteiger partial charge >= 0.3 is 0 Å². The highest BCUT2D eigenvalue weighted by molar-refractivity contribution is 5.80. The van der Waals surface area contributed by atoms with Gasteiger partial charge in [-0.05, 0) is 52.9 Å². The van der Waals surface area contributed by atoms with Gasteiger partial charge in [0.2, 0.25) is 0 Å². The number of piperidine rings is 1. The second kappa shape index (κ2) is 11.7. The molecule has 0 spiro atoms. The highest BCUT2D eigenvalue weighted by Gasteiger charge is 2.21. The summed E-state index contributed by atoms with van der Waals surface area (Å²) >= 11 is 0. The first-order chi connectivity index (χ1) is 12.2. The summed E-state index contributed by atoms with van der Waals surface area (Å²) in [6.07, 6.45) is 10.5. The third-order valence-corrected chi connectivity index (χ3v) is 5.42. The Morgan fingerprint density at radius 3 is 2.48 bits per heavy atom. The van der Waals surface area contributed by atoms with Crippen LogP contribution >= 0.6 is 0 Å². The van der Waals surface area contributed by atoms with Crippen LogP contribution in [0, 0.1) is 0 Å². The zero-order valence-corrected chi connectivity index (χ0v) is 16.7. The SMILES string of the molecule is CCNC(=NCCCOC1CCCCC1)NC1CCN(C(C)C)CC1. The molecule has 146 valence electrons. The van der Waals surface area contributed by atoms with E-state index in [1.54, 1.807) is 0 Å². The second-order valence-corrected chi connectivity index (χ2v) is 7.79. The Kier molecular flexibility index (Phi) is 9.63. The van der Waals surface area contributed by atoms with Gasteiger partial charge < -0.3 is 20.3 Å². The lowest BCUT2D eigenvalue weighted by Crippen LogP contribution is -2.49. The van der Waals surface area contributed by atoms with Gasteiger partial charge in [-0.1, -0.05) is 19.3 Å². The number of nitrogens with one attached hydrogen (secondary N) is 2. The van der Waals surface area contributed by atoms with Crippen LogP contribution in [0.2, 0.25) is 0 Å². The van der Waals surface area contributed by atoms with Crippen molar-refractivity contribution in [2.24, 2.45) is 4.99 Å². The molecule has 0 aromatic carbocycles. The third-order valence-electron chi connectivity index (χ3n) is 5.42. The van der Waals surface area contributed by atoms with Crippen LogP contribution in [0.15, 0.2) is 4.99 Å². The molecule has 0 bridgehead atoms. The van der Waals surface area contributed by atoms with Crippen molar-refractivity contribution in [1.29, 1.82) is 0 Å². The largest absolute Gasteiger partial charge is 0.378 e. The normalized spacial score (nSPS) is 21.7. The van der Waals surface area contributed by atoms with Crippen LogP contribution in [0.4, 0.5) is 0 Å². The number of hydrogen-bond acceptors (Lipinski definition) is 3. The maximum atomic E-state index is 5.99. The van der Waals surface area contributed by atoms with E-state index in [1.165, 1.54) is 58.0 Å². The van der Waals surface area contributed by atoms with Gasteiger partial charge in [-0.15, -0.1) is 0 Å². The van der Waals surface area contributed by atoms with Gasteiger partial charge in [0.05, 0.1) is 6.10 Å². The molecule has 5 heteroatoms. The van der Waals surface area contributed by atoms with Crippen molar-refractivity contribution in [3.8, 4) is 0 Å². The quantitative estimate of drug-likeness (QED) is 0.400. The number of aliphatic imine (C=N–C) groups is 1. The zero-order valence-electron chi connectivity index (χ0n) is 16.7. The molecule has 2 N–H and O–H groups in total. The molecule has 5 nitrogen and oxygen atoms in total. The Balaban J connectivity index is 1.64. The van der Waals surface area contributed by atoms with Gasteiger partial charge in [0.25, 0.3) is 0 Å². The fourth-order valence-corrected chi connectivity index (χ4v) is 3.81. The summed E-state index contributed by atoms with van der Waals surface area (Å²) in [5.41, 5.74) is 0. The molecule has 0 aromatic rings. The zero-order chi connectivity index (χ0) is 17.9. The Labute approximate surface area is 155 Å². The Hall–Kier alpha value is -0.810. The summed E-state index contributed by atoms with van der Waals surface area (Å²) in [4.78, 5) is 7.31. The number of nitrogens with zero attached hydrogens (tertiary/aromatic N) is 2. The minimum atomic E-state index is 0.509. The smallest absolute Gasteiger partial charge is 0.191 e. The lowest BCUT2D eigenvalue weighted by molar-refractivity contribution is 0.0281. The molecule has 0 atom stereocenters. The number of guanidine groups is 1. The summed E-state index contributed by atoms with van der Waals surface area (Å²) in [6, 6.07) is 1.21. The number of ether oxygens (including phenoxy) is 1. The number of rotatable bonds is 8. The molecule has 0 amide bonds. The van der Waals surface area contributed by atoms with Crippen LogP contribution < -0.4 is 10.6 Å². The minimum Gasteiger partial charge on any atom is -0.378 e. The fraction of sp³-hybridized carbons (Fsp3) is 0.950. The van der Waals surface area contributed by atoms with Gasteiger partial charge in [-0.2, -0.15) is 0 Å². The molecule has 1 aliphatic heterocycles. The van der Waals surface area contributed by atoms with E-state index in [4.69, 9.17) is 9.73 Å². The maximum Gasteiger partial charge on any atom is 0.191 e. The average Bonchev–Trinajstić information content (AvgIpc) is 2.63. The summed E-state index contributed by atoms with van der Waals surface area (Å²) in [5.74, 6) is 0.975. The van der Waals surface area contributed by atoms with E-state index >= 15 is 0 Å². The molecule has 1 saturated carbocycles. The summed E-state index contributed by atoms with van der Waals surface area (Å²) in [6.45, 7) is 11.7. The highest BCUT2D eigenvalue weighted by Crippen LogP contribution is 2.20. The van der Waals surface area contributed by atoms with Gasteiger partial charge in [-0.3, -0.25) is 4.99 Å². The van der Waals surface area contributed by atoms with E-state index in [1.807, 2.05) is 0 Å². The van der Waals surface area contributed by atoms with Crippen molar-refractivity contribution >= 4 is 5.96 Å². The third kappa shape index (κ3) is 7.95. The van der Waals surface area contributed by atoms with E-state index in [9.17, 15) is 0 Å². The molecule has 2 rings (SSSR count). The van der Waals surface area contributed by atoms with Crippen molar-refractivity contribution in [1.82, 2.24) is 15.5 Å². The maximum absolute atomic E-state index is 5.99. The van der Waals surface area contributed by atoms with Crippen LogP contribution in [-0.2, 0) is 4.74 Å². The van der Waals surface area contributed by atoms with Crippen LogP contribution in [0.5, 0.6) is 0 Å². The van der Waals surface area contributed by atoms with E-state index in [0.29, 0.717) is 18.2 Å². The molecule has 1 aliphatic carbocycles. The summed E-state index contributed by atoms with van der Waals surface area (Å²) in [5, 5.41) is 7.02. The standard InChI is InChI=1S/C20H40N4O/c1-4-21-20(23-18-11-14-24(15-12-18)17(2)3)22-13-8-16-25-19-9-6-5-7-10-19/h17-19H,4-16H2,1-3H3,(H2,21,22,23). The molecule has 1 saturated heterocycles. The van der Waals surface area contributed by atoms with Crippen LogP contribution in [0.1, 0.15) is 72.1 Å². The molecule has 2 fully saturated rings. The van der Waals surface area contributed by atoms with E-state index < -0.39 is 0 Å². The lowest BCUT2D eigenvalue weighted by atomic mass is 9.98. The first kappa shape index (κ1) is 20.5. The Bertz CT molecular complexity index is 372. The van der Waals surface area contributed by atoms with Gasteiger partial charge in [0.15, 0.2) is 5.96 Å². The van der Waals surface area contributed by atoms with E-state index in [2.05, 4.69) is 36.3 Å². The van der Waals surface area contributed by atoms with E-state index in [-0.39, 0.29) is 0 Å². The second-order valence-electron chi connectivity index (χ2n) is 7.79. The van der Waals surface area contributed by atoms with Gasteiger partial charge in [-0.25, -0.2) is 0 Å². The number of likely N-dealkylation sites (tertiary alicyclic amines) is 1. The number of hydrogen-bond donors (Lipinski definition) is 2. The van der Waals surface area contributed by atoms with Crippen LogP contribution in [0.25, 0.3) is 0 Å². The molecule has 0 aromatic heterocycles. The molecule has 1 heterocycles. The van der Waals surface area contributed by atoms with Crippen molar-refractivity contribution in [2.45, 2.75) is 90.3 Å². The molecule has 25 heavy (non-hydrogen) atoms. The van der Waals surface area contributed by atoms with E-state index in [0.717, 1.165) is 32.1 Å². The Morgan fingerprint density at radius 2 is 1.84 bits per heavy atom. The van der Waals surface area contributed by atoms with Gasteiger partial charge in [0.1, 0.15) is 0 Å². The fourth-order valence-electron chi connectivity index (χ4n) is 3.81.